The quantitative estimate of drug-likeness (QED) is 0.474. The van der Waals surface area contributed by atoms with Crippen molar-refractivity contribution < 1.29 is 19.2 Å². The number of benzene rings is 1. The second-order valence-electron chi connectivity index (χ2n) is 3.06. The number of hydrogen-bond donors (Lipinski definition) is 0. The van der Waals surface area contributed by atoms with Gasteiger partial charge in [0.25, 0.3) is 0 Å². The topological polar surface area (TPSA) is 78.7 Å². The monoisotopic (exact) mass is 293 g/mol. The van der Waals surface area contributed by atoms with E-state index in [1.165, 1.54) is 12.1 Å². The van der Waals surface area contributed by atoms with E-state index in [0.29, 0.717) is 0 Å². The summed E-state index contributed by atoms with van der Waals surface area (Å²) in [6, 6.07) is 2.61. The number of esters is 1. The van der Waals surface area contributed by atoms with Crippen LogP contribution in [0.3, 0.4) is 0 Å². The summed E-state index contributed by atoms with van der Waals surface area (Å²) < 4.78 is 9.67. The van der Waals surface area contributed by atoms with Gasteiger partial charge in [0, 0.05) is 0 Å². The molecule has 0 heterocycles. The number of nitro benzene ring substituents is 1. The minimum absolute atomic E-state index is 0.000759. The lowest BCUT2D eigenvalue weighted by Gasteiger charge is -2.08. The summed E-state index contributed by atoms with van der Waals surface area (Å²) in [7, 11) is 0. The summed E-state index contributed by atoms with van der Waals surface area (Å²) in [5, 5.41) is 10.4. The Morgan fingerprint density at radius 2 is 2.11 bits per heavy atom. The molecule has 0 radical (unpaired) electrons. The number of hydrogen-bond acceptors (Lipinski definition) is 5. The predicted octanol–water partition coefficient (Wildman–Crippen LogP) is 2.84. The van der Waals surface area contributed by atoms with E-state index >= 15 is 0 Å². The maximum atomic E-state index is 11.1. The SMILES string of the molecule is CCOC(=O)COc1ccc(Cl)c([N+](=O)[O-])c1Cl. The zero-order valence-electron chi connectivity index (χ0n) is 9.31. The van der Waals surface area contributed by atoms with Crippen molar-refractivity contribution in [1.82, 2.24) is 0 Å². The molecule has 18 heavy (non-hydrogen) atoms. The van der Waals surface area contributed by atoms with Gasteiger partial charge >= 0.3 is 11.7 Å². The standard InChI is InChI=1S/C10H9Cl2NO5/c1-2-17-8(14)5-18-7-4-3-6(11)10(9(7)12)13(15)16/h3-4H,2,5H2,1H3. The molecule has 0 unspecified atom stereocenters. The van der Waals surface area contributed by atoms with Crippen LogP contribution in [0.15, 0.2) is 12.1 Å². The molecule has 6 nitrogen and oxygen atoms in total. The van der Waals surface area contributed by atoms with E-state index in [-0.39, 0.29) is 29.0 Å². The van der Waals surface area contributed by atoms with Crippen molar-refractivity contribution in [3.63, 3.8) is 0 Å². The van der Waals surface area contributed by atoms with Crippen LogP contribution in [0.25, 0.3) is 0 Å². The lowest BCUT2D eigenvalue weighted by atomic mass is 10.3. The van der Waals surface area contributed by atoms with Gasteiger partial charge in [-0.15, -0.1) is 0 Å². The Kier molecular flexibility index (Phi) is 5.18. The highest BCUT2D eigenvalue weighted by Gasteiger charge is 2.22. The van der Waals surface area contributed by atoms with Gasteiger partial charge in [0.05, 0.1) is 11.5 Å². The molecule has 0 aliphatic heterocycles. The van der Waals surface area contributed by atoms with Crippen LogP contribution in [0, 0.1) is 10.1 Å². The van der Waals surface area contributed by atoms with Crippen molar-refractivity contribution >= 4 is 34.9 Å². The first-order valence-corrected chi connectivity index (χ1v) is 5.63. The molecular weight excluding hydrogens is 285 g/mol. The van der Waals surface area contributed by atoms with Gasteiger partial charge in [0.15, 0.2) is 11.6 Å². The molecule has 0 amide bonds. The summed E-state index contributed by atoms with van der Waals surface area (Å²) in [6.07, 6.45) is 0. The largest absolute Gasteiger partial charge is 0.480 e. The van der Waals surface area contributed by atoms with E-state index in [1.54, 1.807) is 6.92 Å². The fourth-order valence-electron chi connectivity index (χ4n) is 1.14. The Morgan fingerprint density at radius 1 is 1.44 bits per heavy atom. The Labute approximate surface area is 113 Å². The fraction of sp³-hybridized carbons (Fsp3) is 0.300. The number of nitrogens with zero attached hydrogens (tertiary/aromatic N) is 1. The molecule has 0 fully saturated rings. The van der Waals surface area contributed by atoms with Crippen molar-refractivity contribution in [3.8, 4) is 5.75 Å². The van der Waals surface area contributed by atoms with Crippen LogP contribution in [0.1, 0.15) is 6.92 Å². The summed E-state index contributed by atoms with van der Waals surface area (Å²) in [4.78, 5) is 21.1. The van der Waals surface area contributed by atoms with Gasteiger partial charge in [-0.25, -0.2) is 4.79 Å². The molecule has 0 saturated heterocycles. The van der Waals surface area contributed by atoms with Gasteiger partial charge in [-0.3, -0.25) is 10.1 Å². The van der Waals surface area contributed by atoms with Crippen LogP contribution in [-0.2, 0) is 9.53 Å². The first kappa shape index (κ1) is 14.5. The third-order valence-corrected chi connectivity index (χ3v) is 2.54. The van der Waals surface area contributed by atoms with Gasteiger partial charge in [-0.2, -0.15) is 0 Å². The highest BCUT2D eigenvalue weighted by molar-refractivity contribution is 6.39. The highest BCUT2D eigenvalue weighted by atomic mass is 35.5. The molecule has 0 spiro atoms. The van der Waals surface area contributed by atoms with E-state index < -0.39 is 16.6 Å². The first-order valence-electron chi connectivity index (χ1n) is 4.88. The van der Waals surface area contributed by atoms with Crippen molar-refractivity contribution in [1.29, 1.82) is 0 Å². The average Bonchev–Trinajstić information content (AvgIpc) is 2.28. The molecule has 0 N–H and O–H groups in total. The van der Waals surface area contributed by atoms with Gasteiger partial charge in [-0.05, 0) is 19.1 Å². The maximum Gasteiger partial charge on any atom is 0.344 e. The maximum absolute atomic E-state index is 11.1. The van der Waals surface area contributed by atoms with Crippen molar-refractivity contribution in [2.24, 2.45) is 0 Å². The second kappa shape index (κ2) is 6.42. The number of nitro groups is 1. The van der Waals surface area contributed by atoms with Crippen LogP contribution in [0.5, 0.6) is 5.75 Å². The third kappa shape index (κ3) is 3.48. The molecule has 0 aliphatic carbocycles. The van der Waals surface area contributed by atoms with Crippen LogP contribution >= 0.6 is 23.2 Å². The van der Waals surface area contributed by atoms with Crippen LogP contribution in [0.2, 0.25) is 10.0 Å². The molecule has 0 aromatic heterocycles. The minimum atomic E-state index is -0.720. The van der Waals surface area contributed by atoms with Gasteiger partial charge in [-0.1, -0.05) is 23.2 Å². The highest BCUT2D eigenvalue weighted by Crippen LogP contribution is 2.39. The molecule has 1 aromatic rings. The molecule has 1 rings (SSSR count). The van der Waals surface area contributed by atoms with Crippen LogP contribution in [0.4, 0.5) is 5.69 Å². The van der Waals surface area contributed by atoms with Crippen LogP contribution in [-0.4, -0.2) is 24.1 Å². The summed E-state index contributed by atoms with van der Waals surface area (Å²) >= 11 is 11.4. The molecule has 0 aliphatic rings. The minimum Gasteiger partial charge on any atom is -0.480 e. The van der Waals surface area contributed by atoms with E-state index in [1.807, 2.05) is 0 Å². The lowest BCUT2D eigenvalue weighted by Crippen LogP contribution is -2.14. The number of rotatable bonds is 5. The van der Waals surface area contributed by atoms with Crippen molar-refractivity contribution in [3.05, 3.63) is 32.3 Å². The van der Waals surface area contributed by atoms with E-state index in [2.05, 4.69) is 4.74 Å². The fourth-order valence-corrected chi connectivity index (χ4v) is 1.70. The normalized spacial score (nSPS) is 9.94. The molecule has 0 bridgehead atoms. The van der Waals surface area contributed by atoms with E-state index in [9.17, 15) is 14.9 Å². The third-order valence-electron chi connectivity index (χ3n) is 1.86. The zero-order chi connectivity index (χ0) is 13.7. The average molecular weight is 294 g/mol. The Balaban J connectivity index is 2.88. The molecule has 0 saturated carbocycles. The van der Waals surface area contributed by atoms with Gasteiger partial charge < -0.3 is 9.47 Å². The molecule has 1 aromatic carbocycles. The predicted molar refractivity (Wildman–Crippen MR) is 65.2 cm³/mol. The molecule has 98 valence electrons. The summed E-state index contributed by atoms with van der Waals surface area (Å²) in [5.41, 5.74) is -0.459. The number of halogens is 2. The Bertz CT molecular complexity index is 478. The Morgan fingerprint density at radius 3 is 2.67 bits per heavy atom. The smallest absolute Gasteiger partial charge is 0.344 e. The molecule has 8 heteroatoms. The van der Waals surface area contributed by atoms with Gasteiger partial charge in [0.1, 0.15) is 10.8 Å². The van der Waals surface area contributed by atoms with Crippen molar-refractivity contribution in [2.45, 2.75) is 6.92 Å². The first-order chi connectivity index (χ1) is 8.47. The molecular formula is C10H9Cl2NO5. The second-order valence-corrected chi connectivity index (χ2v) is 3.84. The number of carbonyl (C=O) groups excluding carboxylic acids is 1. The van der Waals surface area contributed by atoms with Crippen LogP contribution < -0.4 is 4.74 Å². The number of carbonyl (C=O) groups is 1. The lowest BCUT2D eigenvalue weighted by molar-refractivity contribution is -0.384. The number of ether oxygens (including phenoxy) is 2. The zero-order valence-corrected chi connectivity index (χ0v) is 10.8. The van der Waals surface area contributed by atoms with E-state index in [0.717, 1.165) is 0 Å². The van der Waals surface area contributed by atoms with Gasteiger partial charge in [0.2, 0.25) is 0 Å². The van der Waals surface area contributed by atoms with Crippen molar-refractivity contribution in [2.75, 3.05) is 13.2 Å². The Hall–Kier alpha value is -1.53. The van der Waals surface area contributed by atoms with E-state index in [4.69, 9.17) is 27.9 Å². The summed E-state index contributed by atoms with van der Waals surface area (Å²) in [6.45, 7) is 1.49. The molecule has 0 atom stereocenters. The summed E-state index contributed by atoms with van der Waals surface area (Å²) in [5.74, 6) is -0.591.